The highest BCUT2D eigenvalue weighted by Crippen LogP contribution is 2.30. The predicted molar refractivity (Wildman–Crippen MR) is 89.1 cm³/mol. The van der Waals surface area contributed by atoms with Gasteiger partial charge >= 0.3 is 6.18 Å². The molecular formula is C19H21F3N2O. The van der Waals surface area contributed by atoms with Gasteiger partial charge in [-0.15, -0.1) is 0 Å². The third kappa shape index (κ3) is 5.03. The van der Waals surface area contributed by atoms with E-state index in [1.54, 1.807) is 6.07 Å². The summed E-state index contributed by atoms with van der Waals surface area (Å²) in [6, 6.07) is 11.4. The highest BCUT2D eigenvalue weighted by atomic mass is 19.4. The molecule has 0 saturated carbocycles. The van der Waals surface area contributed by atoms with Gasteiger partial charge in [0, 0.05) is 25.3 Å². The van der Waals surface area contributed by atoms with E-state index in [4.69, 9.17) is 4.74 Å². The van der Waals surface area contributed by atoms with Crippen molar-refractivity contribution >= 4 is 0 Å². The second-order valence-corrected chi connectivity index (χ2v) is 6.40. The smallest absolute Gasteiger partial charge is 0.375 e. The van der Waals surface area contributed by atoms with Crippen LogP contribution in [0.15, 0.2) is 42.5 Å². The van der Waals surface area contributed by atoms with Gasteiger partial charge in [-0.25, -0.2) is 0 Å². The predicted octanol–water partition coefficient (Wildman–Crippen LogP) is 3.85. The number of rotatable bonds is 4. The molecule has 25 heavy (non-hydrogen) atoms. The summed E-state index contributed by atoms with van der Waals surface area (Å²) >= 11 is 0. The first-order chi connectivity index (χ1) is 11.9. The highest BCUT2D eigenvalue weighted by molar-refractivity contribution is 5.26. The van der Waals surface area contributed by atoms with Crippen LogP contribution in [0.1, 0.15) is 22.5 Å². The number of halogens is 3. The van der Waals surface area contributed by atoms with Gasteiger partial charge in [-0.1, -0.05) is 24.3 Å². The van der Waals surface area contributed by atoms with Gasteiger partial charge in [0.05, 0.1) is 24.0 Å². The second-order valence-electron chi connectivity index (χ2n) is 6.40. The molecule has 3 rings (SSSR count). The number of ether oxygens (including phenoxy) is 1. The monoisotopic (exact) mass is 350 g/mol. The van der Waals surface area contributed by atoms with Crippen molar-refractivity contribution in [1.82, 2.24) is 9.88 Å². The lowest BCUT2D eigenvalue weighted by Crippen LogP contribution is -2.43. The molecule has 2 heterocycles. The summed E-state index contributed by atoms with van der Waals surface area (Å²) < 4.78 is 44.3. The number of pyridine rings is 1. The summed E-state index contributed by atoms with van der Waals surface area (Å²) in [6.07, 6.45) is -3.95. The quantitative estimate of drug-likeness (QED) is 0.837. The van der Waals surface area contributed by atoms with Crippen LogP contribution in [-0.2, 0) is 23.9 Å². The number of alkyl halides is 3. The summed E-state index contributed by atoms with van der Waals surface area (Å²) in [5.74, 6) is 0. The average Bonchev–Trinajstić information content (AvgIpc) is 2.55. The summed E-state index contributed by atoms with van der Waals surface area (Å²) in [6.45, 7) is 4.75. The molecule has 134 valence electrons. The van der Waals surface area contributed by atoms with Crippen LogP contribution in [0.2, 0.25) is 0 Å². The fraction of sp³-hybridized carbons (Fsp3) is 0.421. The van der Waals surface area contributed by atoms with Crippen molar-refractivity contribution in [3.05, 3.63) is 65.0 Å². The average molecular weight is 350 g/mol. The largest absolute Gasteiger partial charge is 0.416 e. The summed E-state index contributed by atoms with van der Waals surface area (Å²) in [5, 5.41) is 0. The number of morpholine rings is 1. The Labute approximate surface area is 145 Å². The summed E-state index contributed by atoms with van der Waals surface area (Å²) in [4.78, 5) is 6.75. The standard InChI is InChI=1S/C19H21F3N2O/c1-14-4-2-7-17(23-14)12-24-8-9-25-18(13-24)11-15-5-3-6-16(10-15)19(20,21)22/h2-7,10,18H,8-9,11-13H2,1H3/t18-/m0/s1. The zero-order valence-electron chi connectivity index (χ0n) is 14.1. The molecule has 1 fully saturated rings. The number of aromatic nitrogens is 1. The van der Waals surface area contributed by atoms with E-state index in [0.29, 0.717) is 25.1 Å². The summed E-state index contributed by atoms with van der Waals surface area (Å²) in [5.41, 5.74) is 2.02. The first-order valence-corrected chi connectivity index (χ1v) is 8.33. The van der Waals surface area contributed by atoms with E-state index in [1.165, 1.54) is 12.1 Å². The molecule has 1 aliphatic heterocycles. The number of benzene rings is 1. The SMILES string of the molecule is Cc1cccc(CN2CCO[C@@H](Cc3cccc(C(F)(F)F)c3)C2)n1. The lowest BCUT2D eigenvalue weighted by Gasteiger charge is -2.33. The van der Waals surface area contributed by atoms with Crippen LogP contribution in [0.5, 0.6) is 0 Å². The molecule has 0 bridgehead atoms. The Morgan fingerprint density at radius 3 is 2.76 bits per heavy atom. The molecule has 2 aromatic rings. The Balaban J connectivity index is 1.62. The molecule has 0 unspecified atom stereocenters. The van der Waals surface area contributed by atoms with Gasteiger partial charge in [0.2, 0.25) is 0 Å². The lowest BCUT2D eigenvalue weighted by atomic mass is 10.0. The molecule has 1 aromatic heterocycles. The summed E-state index contributed by atoms with van der Waals surface area (Å²) in [7, 11) is 0. The third-order valence-corrected chi connectivity index (χ3v) is 4.27. The van der Waals surface area contributed by atoms with Crippen LogP contribution in [-0.4, -0.2) is 35.7 Å². The molecule has 1 aliphatic rings. The van der Waals surface area contributed by atoms with Crippen LogP contribution in [0.25, 0.3) is 0 Å². The van der Waals surface area contributed by atoms with Crippen molar-refractivity contribution in [3.63, 3.8) is 0 Å². The number of aryl methyl sites for hydroxylation is 1. The van der Waals surface area contributed by atoms with Gasteiger partial charge in [-0.2, -0.15) is 13.2 Å². The molecular weight excluding hydrogens is 329 g/mol. The minimum absolute atomic E-state index is 0.109. The van der Waals surface area contributed by atoms with E-state index in [0.717, 1.165) is 30.5 Å². The molecule has 3 nitrogen and oxygen atoms in total. The van der Waals surface area contributed by atoms with Gasteiger partial charge in [0.1, 0.15) is 0 Å². The minimum atomic E-state index is -4.31. The van der Waals surface area contributed by atoms with E-state index >= 15 is 0 Å². The molecule has 0 amide bonds. The van der Waals surface area contributed by atoms with Crippen LogP contribution in [0, 0.1) is 6.92 Å². The van der Waals surface area contributed by atoms with Crippen LogP contribution in [0.3, 0.4) is 0 Å². The number of hydrogen-bond acceptors (Lipinski definition) is 3. The minimum Gasteiger partial charge on any atom is -0.375 e. The van der Waals surface area contributed by atoms with Crippen LogP contribution < -0.4 is 0 Å². The zero-order chi connectivity index (χ0) is 17.9. The second kappa shape index (κ2) is 7.54. The first kappa shape index (κ1) is 17.9. The number of hydrogen-bond donors (Lipinski definition) is 0. The molecule has 1 aromatic carbocycles. The Bertz CT molecular complexity index is 718. The lowest BCUT2D eigenvalue weighted by molar-refractivity contribution is -0.137. The Morgan fingerprint density at radius 2 is 2.00 bits per heavy atom. The molecule has 0 N–H and O–H groups in total. The molecule has 0 aliphatic carbocycles. The fourth-order valence-electron chi connectivity index (χ4n) is 3.10. The Kier molecular flexibility index (Phi) is 5.39. The van der Waals surface area contributed by atoms with Gasteiger partial charge in [0.15, 0.2) is 0 Å². The first-order valence-electron chi connectivity index (χ1n) is 8.33. The fourth-order valence-corrected chi connectivity index (χ4v) is 3.10. The van der Waals surface area contributed by atoms with Gasteiger partial charge in [-0.3, -0.25) is 9.88 Å². The molecule has 1 atom stereocenters. The van der Waals surface area contributed by atoms with E-state index in [2.05, 4.69) is 9.88 Å². The van der Waals surface area contributed by atoms with Crippen molar-refractivity contribution in [3.8, 4) is 0 Å². The van der Waals surface area contributed by atoms with E-state index < -0.39 is 11.7 Å². The van der Waals surface area contributed by atoms with Gasteiger partial charge < -0.3 is 4.74 Å². The Hall–Kier alpha value is -1.92. The normalized spacial score (nSPS) is 19.1. The maximum Gasteiger partial charge on any atom is 0.416 e. The maximum atomic E-state index is 12.8. The zero-order valence-corrected chi connectivity index (χ0v) is 14.1. The van der Waals surface area contributed by atoms with Gasteiger partial charge in [-0.05, 0) is 37.1 Å². The Morgan fingerprint density at radius 1 is 1.20 bits per heavy atom. The number of nitrogens with zero attached hydrogens (tertiary/aromatic N) is 2. The maximum absolute atomic E-state index is 12.8. The topological polar surface area (TPSA) is 25.4 Å². The van der Waals surface area contributed by atoms with E-state index in [9.17, 15) is 13.2 Å². The van der Waals surface area contributed by atoms with Crippen molar-refractivity contribution in [2.75, 3.05) is 19.7 Å². The van der Waals surface area contributed by atoms with Crippen molar-refractivity contribution < 1.29 is 17.9 Å². The van der Waals surface area contributed by atoms with Crippen LogP contribution in [0.4, 0.5) is 13.2 Å². The van der Waals surface area contributed by atoms with E-state index in [1.807, 2.05) is 25.1 Å². The molecule has 1 saturated heterocycles. The molecule has 6 heteroatoms. The van der Waals surface area contributed by atoms with Crippen molar-refractivity contribution in [2.45, 2.75) is 32.2 Å². The van der Waals surface area contributed by atoms with E-state index in [-0.39, 0.29) is 6.10 Å². The third-order valence-electron chi connectivity index (χ3n) is 4.27. The molecule has 0 spiro atoms. The van der Waals surface area contributed by atoms with Gasteiger partial charge in [0.25, 0.3) is 0 Å². The molecule has 0 radical (unpaired) electrons. The highest BCUT2D eigenvalue weighted by Gasteiger charge is 2.30. The van der Waals surface area contributed by atoms with Crippen molar-refractivity contribution in [1.29, 1.82) is 0 Å². The van der Waals surface area contributed by atoms with Crippen LogP contribution >= 0.6 is 0 Å². The van der Waals surface area contributed by atoms with Crippen molar-refractivity contribution in [2.24, 2.45) is 0 Å².